The van der Waals surface area contributed by atoms with E-state index < -0.39 is 0 Å². The molecule has 1 heterocycles. The molecule has 0 spiro atoms. The van der Waals surface area contributed by atoms with Crippen molar-refractivity contribution in [2.75, 3.05) is 6.54 Å². The zero-order valence-corrected chi connectivity index (χ0v) is 8.86. The number of aromatic nitrogens is 1. The standard InChI is InChI=1S/C10H16N2S/c1-8-12-9(6-13-8)5-10(7-11)3-2-4-10/h6H,2-5,7,11H2,1H3. The van der Waals surface area contributed by atoms with Gasteiger partial charge in [-0.25, -0.2) is 4.98 Å². The molecule has 1 aromatic heterocycles. The van der Waals surface area contributed by atoms with Gasteiger partial charge in [-0.1, -0.05) is 6.42 Å². The van der Waals surface area contributed by atoms with Gasteiger partial charge in [-0.15, -0.1) is 11.3 Å². The van der Waals surface area contributed by atoms with Gasteiger partial charge >= 0.3 is 0 Å². The lowest BCUT2D eigenvalue weighted by molar-refractivity contribution is 0.143. The molecule has 1 aliphatic rings. The smallest absolute Gasteiger partial charge is 0.0897 e. The Kier molecular flexibility index (Phi) is 2.39. The highest BCUT2D eigenvalue weighted by atomic mass is 32.1. The fraction of sp³-hybridized carbons (Fsp3) is 0.700. The molecule has 3 heteroatoms. The van der Waals surface area contributed by atoms with Crippen LogP contribution in [-0.2, 0) is 6.42 Å². The van der Waals surface area contributed by atoms with Crippen molar-refractivity contribution in [3.63, 3.8) is 0 Å². The Labute approximate surface area is 83.2 Å². The van der Waals surface area contributed by atoms with Gasteiger partial charge in [0, 0.05) is 5.38 Å². The van der Waals surface area contributed by atoms with Gasteiger partial charge in [0.25, 0.3) is 0 Å². The second kappa shape index (κ2) is 3.39. The van der Waals surface area contributed by atoms with Gasteiger partial charge in [0.15, 0.2) is 0 Å². The van der Waals surface area contributed by atoms with Gasteiger partial charge in [0.05, 0.1) is 10.7 Å². The highest BCUT2D eigenvalue weighted by Crippen LogP contribution is 2.42. The van der Waals surface area contributed by atoms with Crippen LogP contribution in [0.5, 0.6) is 0 Å². The minimum Gasteiger partial charge on any atom is -0.330 e. The number of rotatable bonds is 3. The van der Waals surface area contributed by atoms with Crippen molar-refractivity contribution >= 4 is 11.3 Å². The van der Waals surface area contributed by atoms with E-state index in [4.69, 9.17) is 5.73 Å². The zero-order valence-electron chi connectivity index (χ0n) is 8.05. The first-order valence-corrected chi connectivity index (χ1v) is 5.73. The summed E-state index contributed by atoms with van der Waals surface area (Å²) in [6.45, 7) is 2.88. The Balaban J connectivity index is 2.04. The normalized spacial score (nSPS) is 19.8. The third kappa shape index (κ3) is 1.76. The lowest BCUT2D eigenvalue weighted by Crippen LogP contribution is -2.39. The maximum absolute atomic E-state index is 5.80. The summed E-state index contributed by atoms with van der Waals surface area (Å²) in [6, 6.07) is 0. The molecular formula is C10H16N2S. The summed E-state index contributed by atoms with van der Waals surface area (Å²) in [4.78, 5) is 4.49. The van der Waals surface area contributed by atoms with E-state index >= 15 is 0 Å². The maximum atomic E-state index is 5.80. The van der Waals surface area contributed by atoms with Crippen molar-refractivity contribution in [2.24, 2.45) is 11.1 Å². The molecule has 2 rings (SSSR count). The first kappa shape index (κ1) is 9.16. The van der Waals surface area contributed by atoms with Crippen molar-refractivity contribution in [3.05, 3.63) is 16.1 Å². The van der Waals surface area contributed by atoms with E-state index in [0.717, 1.165) is 13.0 Å². The summed E-state index contributed by atoms with van der Waals surface area (Å²) in [5.74, 6) is 0. The Hall–Kier alpha value is -0.410. The molecule has 1 saturated carbocycles. The minimum atomic E-state index is 0.403. The van der Waals surface area contributed by atoms with E-state index in [1.54, 1.807) is 11.3 Å². The van der Waals surface area contributed by atoms with E-state index in [2.05, 4.69) is 17.3 Å². The van der Waals surface area contributed by atoms with Crippen LogP contribution in [0.2, 0.25) is 0 Å². The molecule has 0 aliphatic heterocycles. The molecule has 72 valence electrons. The first-order valence-electron chi connectivity index (χ1n) is 4.85. The van der Waals surface area contributed by atoms with Gasteiger partial charge in [0.2, 0.25) is 0 Å². The number of hydrogen-bond acceptors (Lipinski definition) is 3. The van der Waals surface area contributed by atoms with Gasteiger partial charge < -0.3 is 5.73 Å². The van der Waals surface area contributed by atoms with Gasteiger partial charge in [-0.2, -0.15) is 0 Å². The van der Waals surface area contributed by atoms with Gasteiger partial charge in [-0.3, -0.25) is 0 Å². The molecule has 0 unspecified atom stereocenters. The van der Waals surface area contributed by atoms with E-state index in [9.17, 15) is 0 Å². The molecule has 0 amide bonds. The largest absolute Gasteiger partial charge is 0.330 e. The van der Waals surface area contributed by atoms with Gasteiger partial charge in [-0.05, 0) is 38.1 Å². The summed E-state index contributed by atoms with van der Waals surface area (Å²) in [5, 5.41) is 3.34. The Bertz CT molecular complexity index is 283. The summed E-state index contributed by atoms with van der Waals surface area (Å²) in [6.07, 6.45) is 5.02. The molecule has 0 atom stereocenters. The monoisotopic (exact) mass is 196 g/mol. The van der Waals surface area contributed by atoms with Crippen LogP contribution in [0.3, 0.4) is 0 Å². The Morgan fingerprint density at radius 2 is 2.38 bits per heavy atom. The van der Waals surface area contributed by atoms with Crippen molar-refractivity contribution in [1.29, 1.82) is 0 Å². The molecule has 1 fully saturated rings. The Morgan fingerprint density at radius 3 is 2.77 bits per heavy atom. The highest BCUT2D eigenvalue weighted by molar-refractivity contribution is 7.09. The second-order valence-electron chi connectivity index (χ2n) is 4.09. The van der Waals surface area contributed by atoms with Crippen LogP contribution in [0.1, 0.15) is 30.0 Å². The fourth-order valence-electron chi connectivity index (χ4n) is 2.00. The summed E-state index contributed by atoms with van der Waals surface area (Å²) in [5.41, 5.74) is 7.45. The lowest BCUT2D eigenvalue weighted by atomic mass is 9.66. The van der Waals surface area contributed by atoms with Crippen molar-refractivity contribution in [2.45, 2.75) is 32.6 Å². The minimum absolute atomic E-state index is 0.403. The van der Waals surface area contributed by atoms with E-state index in [-0.39, 0.29) is 0 Å². The van der Waals surface area contributed by atoms with Crippen molar-refractivity contribution in [3.8, 4) is 0 Å². The van der Waals surface area contributed by atoms with Gasteiger partial charge in [0.1, 0.15) is 0 Å². The molecule has 13 heavy (non-hydrogen) atoms. The molecule has 1 aromatic rings. The second-order valence-corrected chi connectivity index (χ2v) is 5.15. The van der Waals surface area contributed by atoms with Crippen molar-refractivity contribution < 1.29 is 0 Å². The molecule has 2 N–H and O–H groups in total. The van der Waals surface area contributed by atoms with Crippen LogP contribution in [0.15, 0.2) is 5.38 Å². The molecular weight excluding hydrogens is 180 g/mol. The average Bonchev–Trinajstić information content (AvgIpc) is 2.44. The van der Waals surface area contributed by atoms with E-state index in [1.807, 2.05) is 0 Å². The molecule has 0 radical (unpaired) electrons. The highest BCUT2D eigenvalue weighted by Gasteiger charge is 2.35. The van der Waals surface area contributed by atoms with E-state index in [0.29, 0.717) is 5.41 Å². The number of thiazole rings is 1. The maximum Gasteiger partial charge on any atom is 0.0897 e. The van der Waals surface area contributed by atoms with Crippen LogP contribution in [0.25, 0.3) is 0 Å². The molecule has 1 aliphatic carbocycles. The SMILES string of the molecule is Cc1nc(CC2(CN)CCC2)cs1. The van der Waals surface area contributed by atoms with Crippen LogP contribution in [0.4, 0.5) is 0 Å². The fourth-order valence-corrected chi connectivity index (χ4v) is 2.62. The summed E-state index contributed by atoms with van der Waals surface area (Å²) >= 11 is 1.74. The predicted molar refractivity (Wildman–Crippen MR) is 55.9 cm³/mol. The number of nitrogens with zero attached hydrogens (tertiary/aromatic N) is 1. The van der Waals surface area contributed by atoms with Crippen LogP contribution in [0, 0.1) is 12.3 Å². The third-order valence-corrected chi connectivity index (χ3v) is 3.89. The third-order valence-electron chi connectivity index (χ3n) is 3.07. The number of hydrogen-bond donors (Lipinski definition) is 1. The van der Waals surface area contributed by atoms with Crippen molar-refractivity contribution in [1.82, 2.24) is 4.98 Å². The zero-order chi connectivity index (χ0) is 9.31. The van der Waals surface area contributed by atoms with Crippen LogP contribution >= 0.6 is 11.3 Å². The molecule has 0 aromatic carbocycles. The topological polar surface area (TPSA) is 38.9 Å². The lowest BCUT2D eigenvalue weighted by Gasteiger charge is -2.40. The molecule has 2 nitrogen and oxygen atoms in total. The van der Waals surface area contributed by atoms with Crippen LogP contribution < -0.4 is 5.73 Å². The predicted octanol–water partition coefficient (Wildman–Crippen LogP) is 2.12. The number of aryl methyl sites for hydroxylation is 1. The summed E-state index contributed by atoms with van der Waals surface area (Å²) < 4.78 is 0. The number of nitrogens with two attached hydrogens (primary N) is 1. The molecule has 0 saturated heterocycles. The molecule has 0 bridgehead atoms. The quantitative estimate of drug-likeness (QED) is 0.804. The first-order chi connectivity index (χ1) is 6.24. The van der Waals surface area contributed by atoms with Crippen LogP contribution in [-0.4, -0.2) is 11.5 Å². The Morgan fingerprint density at radius 1 is 1.62 bits per heavy atom. The summed E-state index contributed by atoms with van der Waals surface area (Å²) in [7, 11) is 0. The average molecular weight is 196 g/mol. The van der Waals surface area contributed by atoms with E-state index in [1.165, 1.54) is 30.0 Å².